The summed E-state index contributed by atoms with van der Waals surface area (Å²) in [6.07, 6.45) is 5.57. The van der Waals surface area contributed by atoms with Crippen molar-refractivity contribution in [3.63, 3.8) is 0 Å². The number of unbranched alkanes of at least 4 members (excludes halogenated alkanes) is 1. The van der Waals surface area contributed by atoms with Crippen LogP contribution < -0.4 is 10.9 Å². The molecule has 1 aliphatic rings. The van der Waals surface area contributed by atoms with E-state index in [-0.39, 0.29) is 11.7 Å². The molecule has 1 amide bonds. The van der Waals surface area contributed by atoms with Crippen molar-refractivity contribution in [2.75, 3.05) is 39.8 Å². The fourth-order valence-corrected chi connectivity index (χ4v) is 3.88. The Bertz CT molecular complexity index is 791. The number of ether oxygens (including phenoxy) is 1. The van der Waals surface area contributed by atoms with E-state index in [2.05, 4.69) is 15.2 Å². The summed E-state index contributed by atoms with van der Waals surface area (Å²) in [5, 5.41) is 3.45. The molecule has 8 nitrogen and oxygen atoms in total. The van der Waals surface area contributed by atoms with Crippen LogP contribution in [0.15, 0.2) is 34.2 Å². The molecule has 2 rings (SSSR count). The van der Waals surface area contributed by atoms with Crippen LogP contribution in [0, 0.1) is 5.92 Å². The molecule has 0 aromatic carbocycles. The number of pyridine rings is 1. The predicted octanol–water partition coefficient (Wildman–Crippen LogP) is 3.17. The minimum atomic E-state index is -0.469. The maximum Gasteiger partial charge on any atom is 0.410 e. The average molecular weight is 448 g/mol. The molecule has 1 aromatic heterocycles. The lowest BCUT2D eigenvalue weighted by molar-refractivity contribution is 0.0214. The van der Waals surface area contributed by atoms with Gasteiger partial charge in [-0.15, -0.1) is 0 Å². The van der Waals surface area contributed by atoms with E-state index < -0.39 is 5.60 Å². The number of aryl methyl sites for hydroxylation is 1. The number of carbonyl (C=O) groups is 1. The molecular formula is C24H41N5O3. The number of hydrogen-bond donors (Lipinski definition) is 1. The van der Waals surface area contributed by atoms with Crippen LogP contribution in [-0.2, 0) is 11.3 Å². The zero-order valence-corrected chi connectivity index (χ0v) is 20.5. The topological polar surface area (TPSA) is 79.2 Å². The molecule has 180 valence electrons. The minimum absolute atomic E-state index is 0.0486. The van der Waals surface area contributed by atoms with Crippen LogP contribution in [0.5, 0.6) is 0 Å². The molecule has 1 aliphatic heterocycles. The van der Waals surface area contributed by atoms with Gasteiger partial charge in [-0.1, -0.05) is 6.07 Å². The molecule has 0 radical (unpaired) electrons. The van der Waals surface area contributed by atoms with E-state index in [1.165, 1.54) is 0 Å². The standard InChI is InChI=1S/C24H41N5O3/c1-6-27(23(31)32-24(2,3)4)19-20-12-17-29(18-13-20)22(25-5)26-14-8-10-16-28-15-9-7-11-21(28)30/h7,9,11,15,20H,6,8,10,12-14,16-19H2,1-5H3,(H,25,26). The summed E-state index contributed by atoms with van der Waals surface area (Å²) in [7, 11) is 1.82. The normalized spacial score (nSPS) is 15.5. The van der Waals surface area contributed by atoms with Gasteiger partial charge in [0.05, 0.1) is 0 Å². The molecule has 0 saturated carbocycles. The molecule has 0 unspecified atom stereocenters. The Morgan fingerprint density at radius 3 is 2.56 bits per heavy atom. The number of guanidine groups is 1. The molecular weight excluding hydrogens is 406 g/mol. The van der Waals surface area contributed by atoms with Crippen molar-refractivity contribution < 1.29 is 9.53 Å². The first kappa shape index (κ1) is 25.7. The number of nitrogens with zero attached hydrogens (tertiary/aromatic N) is 4. The van der Waals surface area contributed by atoms with Crippen molar-refractivity contribution >= 4 is 12.1 Å². The van der Waals surface area contributed by atoms with Crippen molar-refractivity contribution in [2.24, 2.45) is 10.9 Å². The number of aromatic nitrogens is 1. The maximum absolute atomic E-state index is 12.4. The predicted molar refractivity (Wildman–Crippen MR) is 129 cm³/mol. The molecule has 1 aromatic rings. The second-order valence-electron chi connectivity index (χ2n) is 9.36. The second kappa shape index (κ2) is 12.5. The third-order valence-corrected chi connectivity index (χ3v) is 5.65. The number of amides is 1. The summed E-state index contributed by atoms with van der Waals surface area (Å²) in [5.74, 6) is 1.40. The largest absolute Gasteiger partial charge is 0.444 e. The first-order valence-electron chi connectivity index (χ1n) is 11.8. The zero-order valence-electron chi connectivity index (χ0n) is 20.5. The molecule has 0 bridgehead atoms. The van der Waals surface area contributed by atoms with Crippen LogP contribution in [0.4, 0.5) is 4.79 Å². The molecule has 8 heteroatoms. The van der Waals surface area contributed by atoms with E-state index in [0.29, 0.717) is 12.5 Å². The van der Waals surface area contributed by atoms with Crippen molar-refractivity contribution in [1.29, 1.82) is 0 Å². The van der Waals surface area contributed by atoms with Gasteiger partial charge < -0.3 is 24.4 Å². The van der Waals surface area contributed by atoms with Crippen molar-refractivity contribution in [1.82, 2.24) is 19.7 Å². The molecule has 2 heterocycles. The first-order chi connectivity index (χ1) is 15.2. The van der Waals surface area contributed by atoms with Gasteiger partial charge in [0.2, 0.25) is 5.56 Å². The Hall–Kier alpha value is -2.51. The Morgan fingerprint density at radius 1 is 1.25 bits per heavy atom. The van der Waals surface area contributed by atoms with Crippen LogP contribution in [0.25, 0.3) is 0 Å². The highest BCUT2D eigenvalue weighted by Crippen LogP contribution is 2.20. The molecule has 1 saturated heterocycles. The molecule has 0 spiro atoms. The lowest BCUT2D eigenvalue weighted by Crippen LogP contribution is -2.48. The monoisotopic (exact) mass is 447 g/mol. The molecule has 0 aliphatic carbocycles. The van der Waals surface area contributed by atoms with Crippen LogP contribution >= 0.6 is 0 Å². The van der Waals surface area contributed by atoms with Gasteiger partial charge >= 0.3 is 6.09 Å². The fourth-order valence-electron chi connectivity index (χ4n) is 3.88. The summed E-state index contributed by atoms with van der Waals surface area (Å²) < 4.78 is 7.28. The number of likely N-dealkylation sites (tertiary alicyclic amines) is 1. The third-order valence-electron chi connectivity index (χ3n) is 5.65. The highest BCUT2D eigenvalue weighted by atomic mass is 16.6. The maximum atomic E-state index is 12.4. The average Bonchev–Trinajstić information content (AvgIpc) is 2.75. The van der Waals surface area contributed by atoms with Crippen molar-refractivity contribution in [3.8, 4) is 0 Å². The molecule has 32 heavy (non-hydrogen) atoms. The minimum Gasteiger partial charge on any atom is -0.444 e. The van der Waals surface area contributed by atoms with Gasteiger partial charge in [0.1, 0.15) is 5.60 Å². The zero-order chi connectivity index (χ0) is 23.6. The Balaban J connectivity index is 1.71. The summed E-state index contributed by atoms with van der Waals surface area (Å²) in [5.41, 5.74) is -0.421. The molecule has 1 fully saturated rings. The number of rotatable bonds is 8. The number of nitrogens with one attached hydrogen (secondary N) is 1. The van der Waals surface area contributed by atoms with Gasteiger partial charge in [-0.2, -0.15) is 0 Å². The van der Waals surface area contributed by atoms with Crippen LogP contribution in [0.3, 0.4) is 0 Å². The van der Waals surface area contributed by atoms with Crippen LogP contribution in [-0.4, -0.2) is 71.8 Å². The number of aliphatic imine (C=N–C) groups is 1. The highest BCUT2D eigenvalue weighted by Gasteiger charge is 2.27. The molecule has 1 N–H and O–H groups in total. The lowest BCUT2D eigenvalue weighted by atomic mass is 9.96. The smallest absolute Gasteiger partial charge is 0.410 e. The SMILES string of the molecule is CCN(CC1CCN(C(=NC)NCCCCn2ccccc2=O)CC1)C(=O)OC(C)(C)C. The first-order valence-corrected chi connectivity index (χ1v) is 11.8. The number of carbonyl (C=O) groups excluding carboxylic acids is 1. The van der Waals surface area contributed by atoms with E-state index in [9.17, 15) is 9.59 Å². The van der Waals surface area contributed by atoms with Crippen molar-refractivity contribution in [3.05, 3.63) is 34.7 Å². The number of hydrogen-bond acceptors (Lipinski definition) is 4. The van der Waals surface area contributed by atoms with E-state index in [0.717, 1.165) is 64.4 Å². The second-order valence-corrected chi connectivity index (χ2v) is 9.36. The van der Waals surface area contributed by atoms with Gasteiger partial charge in [0, 0.05) is 58.6 Å². The quantitative estimate of drug-likeness (QED) is 0.376. The van der Waals surface area contributed by atoms with Gasteiger partial charge in [-0.05, 0) is 65.4 Å². The van der Waals surface area contributed by atoms with Gasteiger partial charge in [0.15, 0.2) is 5.96 Å². The fraction of sp³-hybridized carbons (Fsp3) is 0.708. The Kier molecular flexibility index (Phi) is 10.1. The molecule has 0 atom stereocenters. The van der Waals surface area contributed by atoms with Gasteiger partial charge in [-0.3, -0.25) is 9.79 Å². The Morgan fingerprint density at radius 2 is 1.97 bits per heavy atom. The van der Waals surface area contributed by atoms with E-state index in [1.807, 2.05) is 51.9 Å². The summed E-state index contributed by atoms with van der Waals surface area (Å²) in [6, 6.07) is 5.25. The summed E-state index contributed by atoms with van der Waals surface area (Å²) in [4.78, 5) is 32.7. The lowest BCUT2D eigenvalue weighted by Gasteiger charge is -2.36. The van der Waals surface area contributed by atoms with Gasteiger partial charge in [-0.25, -0.2) is 4.79 Å². The van der Waals surface area contributed by atoms with E-state index in [1.54, 1.807) is 16.7 Å². The Labute approximate surface area is 192 Å². The number of piperidine rings is 1. The summed E-state index contributed by atoms with van der Waals surface area (Å²) in [6.45, 7) is 12.5. The van der Waals surface area contributed by atoms with Gasteiger partial charge in [0.25, 0.3) is 0 Å². The van der Waals surface area contributed by atoms with E-state index in [4.69, 9.17) is 4.74 Å². The highest BCUT2D eigenvalue weighted by molar-refractivity contribution is 5.79. The van der Waals surface area contributed by atoms with Crippen LogP contribution in [0.2, 0.25) is 0 Å². The van der Waals surface area contributed by atoms with E-state index >= 15 is 0 Å². The third kappa shape index (κ3) is 8.55. The summed E-state index contributed by atoms with van der Waals surface area (Å²) >= 11 is 0. The van der Waals surface area contributed by atoms with Crippen LogP contribution in [0.1, 0.15) is 53.4 Å². The van der Waals surface area contributed by atoms with Crippen molar-refractivity contribution in [2.45, 2.75) is 65.5 Å².